The van der Waals surface area contributed by atoms with Gasteiger partial charge in [0.05, 0.1) is 11.0 Å². The molecule has 0 fully saturated rings. The Balaban J connectivity index is 1.78. The van der Waals surface area contributed by atoms with Gasteiger partial charge in [-0.25, -0.2) is 4.98 Å². The van der Waals surface area contributed by atoms with E-state index >= 15 is 0 Å². The summed E-state index contributed by atoms with van der Waals surface area (Å²) in [5, 5.41) is 0. The van der Waals surface area contributed by atoms with Crippen molar-refractivity contribution < 1.29 is 0 Å². The van der Waals surface area contributed by atoms with E-state index in [9.17, 15) is 0 Å². The van der Waals surface area contributed by atoms with Crippen LogP contribution in [0.4, 0.5) is 0 Å². The number of hydrogen-bond acceptors (Lipinski definition) is 2. The fourth-order valence-electron chi connectivity index (χ4n) is 2.91. The van der Waals surface area contributed by atoms with Gasteiger partial charge in [-0.3, -0.25) is 0 Å². The lowest BCUT2D eigenvalue weighted by Crippen LogP contribution is -2.03. The maximum absolute atomic E-state index is 4.74. The molecule has 0 atom stereocenters. The number of aryl methyl sites for hydroxylation is 2. The second kappa shape index (κ2) is 9.14. The van der Waals surface area contributed by atoms with Gasteiger partial charge in [-0.15, -0.1) is 0 Å². The van der Waals surface area contributed by atoms with Crippen LogP contribution in [-0.2, 0) is 13.0 Å². The van der Waals surface area contributed by atoms with Crippen molar-refractivity contribution in [3.8, 4) is 0 Å². The van der Waals surface area contributed by atoms with Gasteiger partial charge in [0, 0.05) is 13.0 Å². The quantitative estimate of drug-likeness (QED) is 0.468. The summed E-state index contributed by atoms with van der Waals surface area (Å²) >= 11 is 4.25. The van der Waals surface area contributed by atoms with Crippen LogP contribution in [0.2, 0.25) is 0 Å². The maximum atomic E-state index is 4.74. The van der Waals surface area contributed by atoms with Gasteiger partial charge in [-0.2, -0.15) is 12.6 Å². The molecular weight excluding hydrogens is 276 g/mol. The summed E-state index contributed by atoms with van der Waals surface area (Å²) < 4.78 is 2.41. The highest BCUT2D eigenvalue weighted by molar-refractivity contribution is 7.80. The molecule has 1 heterocycles. The van der Waals surface area contributed by atoms with Crippen LogP contribution >= 0.6 is 12.6 Å². The average Bonchev–Trinajstić information content (AvgIpc) is 2.88. The van der Waals surface area contributed by atoms with Gasteiger partial charge in [0.15, 0.2) is 0 Å². The van der Waals surface area contributed by atoms with Gasteiger partial charge >= 0.3 is 0 Å². The van der Waals surface area contributed by atoms with E-state index in [1.54, 1.807) is 0 Å². The maximum Gasteiger partial charge on any atom is 0.109 e. The van der Waals surface area contributed by atoms with Gasteiger partial charge in [-0.05, 0) is 30.7 Å². The third kappa shape index (κ3) is 4.77. The van der Waals surface area contributed by atoms with Gasteiger partial charge in [0.1, 0.15) is 5.82 Å². The normalized spacial score (nSPS) is 11.3. The largest absolute Gasteiger partial charge is 0.328 e. The highest BCUT2D eigenvalue weighted by Gasteiger charge is 2.07. The zero-order valence-electron chi connectivity index (χ0n) is 13.2. The molecule has 0 aliphatic rings. The van der Waals surface area contributed by atoms with Crippen LogP contribution in [0.25, 0.3) is 11.0 Å². The molecule has 0 saturated carbocycles. The molecule has 0 N–H and O–H groups in total. The molecule has 2 nitrogen and oxygen atoms in total. The Morgan fingerprint density at radius 3 is 2.33 bits per heavy atom. The fourth-order valence-corrected chi connectivity index (χ4v) is 3.13. The number of nitrogens with zero attached hydrogens (tertiary/aromatic N) is 2. The van der Waals surface area contributed by atoms with E-state index in [0.717, 1.165) is 24.2 Å². The molecule has 0 spiro atoms. The topological polar surface area (TPSA) is 17.8 Å². The number of rotatable bonds is 10. The molecule has 0 aliphatic heterocycles. The van der Waals surface area contributed by atoms with Gasteiger partial charge in [0.2, 0.25) is 0 Å². The van der Waals surface area contributed by atoms with Crippen LogP contribution in [0.5, 0.6) is 0 Å². The third-order valence-electron chi connectivity index (χ3n) is 4.09. The second-order valence-electron chi connectivity index (χ2n) is 5.72. The molecular formula is C18H28N2S. The molecule has 0 aliphatic carbocycles. The van der Waals surface area contributed by atoms with Crippen molar-refractivity contribution in [2.45, 2.75) is 64.8 Å². The lowest BCUT2D eigenvalue weighted by atomic mass is 10.1. The van der Waals surface area contributed by atoms with Crippen molar-refractivity contribution in [3.05, 3.63) is 30.1 Å². The number of benzene rings is 1. The predicted octanol–water partition coefficient (Wildman–Crippen LogP) is 5.26. The van der Waals surface area contributed by atoms with Crippen LogP contribution in [-0.4, -0.2) is 15.3 Å². The molecule has 21 heavy (non-hydrogen) atoms. The van der Waals surface area contributed by atoms with Crippen molar-refractivity contribution in [1.82, 2.24) is 9.55 Å². The number of para-hydroxylation sites is 2. The Labute approximate surface area is 134 Å². The van der Waals surface area contributed by atoms with E-state index in [1.807, 2.05) is 0 Å². The number of thiol groups is 1. The van der Waals surface area contributed by atoms with E-state index in [2.05, 4.69) is 48.4 Å². The Hall–Kier alpha value is -0.960. The molecule has 0 amide bonds. The summed E-state index contributed by atoms with van der Waals surface area (Å²) in [4.78, 5) is 4.74. The van der Waals surface area contributed by atoms with E-state index in [0.29, 0.717) is 0 Å². The smallest absolute Gasteiger partial charge is 0.109 e. The van der Waals surface area contributed by atoms with Crippen LogP contribution < -0.4 is 0 Å². The highest BCUT2D eigenvalue weighted by Crippen LogP contribution is 2.18. The zero-order chi connectivity index (χ0) is 14.9. The van der Waals surface area contributed by atoms with Crippen molar-refractivity contribution in [3.63, 3.8) is 0 Å². The molecule has 0 bridgehead atoms. The Kier molecular flexibility index (Phi) is 7.14. The Morgan fingerprint density at radius 2 is 1.62 bits per heavy atom. The summed E-state index contributed by atoms with van der Waals surface area (Å²) in [7, 11) is 0. The lowest BCUT2D eigenvalue weighted by Gasteiger charge is -2.08. The zero-order valence-corrected chi connectivity index (χ0v) is 14.1. The summed E-state index contributed by atoms with van der Waals surface area (Å²) in [6.45, 7) is 3.31. The number of aromatic nitrogens is 2. The van der Waals surface area contributed by atoms with Crippen molar-refractivity contribution in [2.75, 3.05) is 5.75 Å². The summed E-state index contributed by atoms with van der Waals surface area (Å²) in [6.07, 6.45) is 10.3. The van der Waals surface area contributed by atoms with Crippen molar-refractivity contribution >= 4 is 23.7 Å². The van der Waals surface area contributed by atoms with E-state index in [4.69, 9.17) is 4.98 Å². The van der Waals surface area contributed by atoms with E-state index in [-0.39, 0.29) is 0 Å². The summed E-state index contributed by atoms with van der Waals surface area (Å²) in [5.74, 6) is 2.26. The molecule has 3 heteroatoms. The van der Waals surface area contributed by atoms with Gasteiger partial charge < -0.3 is 4.57 Å². The number of unbranched alkanes of at least 4 members (excludes halogenated alkanes) is 6. The first-order chi connectivity index (χ1) is 10.4. The molecule has 116 valence electrons. The SMILES string of the molecule is CCc1nc2ccccc2n1CCCCCCCCCS. The average molecular weight is 305 g/mol. The van der Waals surface area contributed by atoms with E-state index in [1.165, 1.54) is 56.3 Å². The first-order valence-corrected chi connectivity index (χ1v) is 9.05. The second-order valence-corrected chi connectivity index (χ2v) is 6.17. The van der Waals surface area contributed by atoms with Gasteiger partial charge in [-0.1, -0.05) is 51.2 Å². The number of imidazole rings is 1. The minimum absolute atomic E-state index is 1.01. The molecule has 1 aromatic carbocycles. The van der Waals surface area contributed by atoms with Crippen LogP contribution in [0.1, 0.15) is 57.7 Å². The van der Waals surface area contributed by atoms with E-state index < -0.39 is 0 Å². The molecule has 2 rings (SSSR count). The van der Waals surface area contributed by atoms with Crippen LogP contribution in [0.3, 0.4) is 0 Å². The highest BCUT2D eigenvalue weighted by atomic mass is 32.1. The number of hydrogen-bond donors (Lipinski definition) is 1. The first-order valence-electron chi connectivity index (χ1n) is 8.41. The minimum atomic E-state index is 1.01. The van der Waals surface area contributed by atoms with Crippen LogP contribution in [0.15, 0.2) is 24.3 Å². The van der Waals surface area contributed by atoms with Crippen LogP contribution in [0, 0.1) is 0 Å². The molecule has 1 aromatic heterocycles. The Morgan fingerprint density at radius 1 is 0.952 bits per heavy atom. The molecule has 0 radical (unpaired) electrons. The van der Waals surface area contributed by atoms with Crippen molar-refractivity contribution in [1.29, 1.82) is 0 Å². The monoisotopic (exact) mass is 304 g/mol. The molecule has 2 aromatic rings. The summed E-state index contributed by atoms with van der Waals surface area (Å²) in [6, 6.07) is 8.50. The molecule has 0 unspecified atom stereocenters. The fraction of sp³-hybridized carbons (Fsp3) is 0.611. The predicted molar refractivity (Wildman–Crippen MR) is 95.3 cm³/mol. The number of fused-ring (bicyclic) bond motifs is 1. The lowest BCUT2D eigenvalue weighted by molar-refractivity contribution is 0.547. The van der Waals surface area contributed by atoms with Gasteiger partial charge in [0.25, 0.3) is 0 Å². The standard InChI is InChI=1S/C18H28N2S/c1-2-18-19-16-12-8-9-13-17(16)20(18)14-10-6-4-3-5-7-11-15-21/h8-9,12-13,21H,2-7,10-11,14-15H2,1H3. The summed E-state index contributed by atoms with van der Waals surface area (Å²) in [5.41, 5.74) is 2.43. The first kappa shape index (κ1) is 16.4. The molecule has 0 saturated heterocycles. The minimum Gasteiger partial charge on any atom is -0.328 e. The third-order valence-corrected chi connectivity index (χ3v) is 4.41. The Bertz CT molecular complexity index is 533. The van der Waals surface area contributed by atoms with Crippen molar-refractivity contribution in [2.24, 2.45) is 0 Å².